The zero-order valence-corrected chi connectivity index (χ0v) is 20.8. The highest BCUT2D eigenvalue weighted by Crippen LogP contribution is 2.35. The summed E-state index contributed by atoms with van der Waals surface area (Å²) in [7, 11) is 3.57. The lowest BCUT2D eigenvalue weighted by Crippen LogP contribution is -2.52. The molecular formula is C27H37N3O5. The zero-order valence-electron chi connectivity index (χ0n) is 20.8. The second-order valence-corrected chi connectivity index (χ2v) is 10.6. The monoisotopic (exact) mass is 483 g/mol. The third kappa shape index (κ3) is 5.01. The van der Waals surface area contributed by atoms with Gasteiger partial charge in [0.15, 0.2) is 0 Å². The topological polar surface area (TPSA) is 88.2 Å². The summed E-state index contributed by atoms with van der Waals surface area (Å²) in [6, 6.07) is 5.65. The molecule has 5 rings (SSSR count). The van der Waals surface area contributed by atoms with Crippen molar-refractivity contribution in [1.82, 2.24) is 15.1 Å². The number of carbonyl (C=O) groups is 3. The smallest absolute Gasteiger partial charge is 0.255 e. The quantitative estimate of drug-likeness (QED) is 0.626. The van der Waals surface area contributed by atoms with Crippen molar-refractivity contribution < 1.29 is 23.9 Å². The first-order valence-corrected chi connectivity index (χ1v) is 13.0. The van der Waals surface area contributed by atoms with Gasteiger partial charge in [0.25, 0.3) is 5.91 Å². The predicted octanol–water partition coefficient (Wildman–Crippen LogP) is 2.46. The predicted molar refractivity (Wildman–Crippen MR) is 130 cm³/mol. The van der Waals surface area contributed by atoms with Crippen LogP contribution >= 0.6 is 0 Å². The van der Waals surface area contributed by atoms with Crippen molar-refractivity contribution in [3.05, 3.63) is 34.9 Å². The normalized spacial score (nSPS) is 30.5. The van der Waals surface area contributed by atoms with Crippen molar-refractivity contribution >= 4 is 17.7 Å². The molecule has 3 amide bonds. The van der Waals surface area contributed by atoms with Crippen molar-refractivity contribution in [2.24, 2.45) is 5.92 Å². The number of imide groups is 1. The van der Waals surface area contributed by atoms with E-state index in [-0.39, 0.29) is 36.4 Å². The first-order valence-electron chi connectivity index (χ1n) is 13.0. The molecule has 1 saturated carbocycles. The number of methoxy groups -OCH3 is 2. The zero-order chi connectivity index (χ0) is 24.5. The molecule has 8 nitrogen and oxygen atoms in total. The molecule has 8 heteroatoms. The molecule has 4 atom stereocenters. The molecule has 1 aromatic rings. The number of piperidine rings is 2. The second-order valence-electron chi connectivity index (χ2n) is 10.6. The van der Waals surface area contributed by atoms with E-state index in [1.54, 1.807) is 19.1 Å². The van der Waals surface area contributed by atoms with E-state index in [1.165, 1.54) is 12.0 Å². The van der Waals surface area contributed by atoms with Crippen molar-refractivity contribution in [2.45, 2.75) is 75.7 Å². The van der Waals surface area contributed by atoms with E-state index in [0.717, 1.165) is 50.9 Å². The largest absolute Gasteiger partial charge is 0.379 e. The Morgan fingerprint density at radius 1 is 0.971 bits per heavy atom. The maximum Gasteiger partial charge on any atom is 0.255 e. The van der Waals surface area contributed by atoms with Crippen molar-refractivity contribution in [3.63, 3.8) is 0 Å². The first-order chi connectivity index (χ1) is 17.0. The van der Waals surface area contributed by atoms with E-state index in [9.17, 15) is 14.4 Å². The Kier molecular flexibility index (Phi) is 7.23. The highest BCUT2D eigenvalue weighted by Gasteiger charge is 2.39. The van der Waals surface area contributed by atoms with Crippen LogP contribution in [0.4, 0.5) is 0 Å². The lowest BCUT2D eigenvalue weighted by molar-refractivity contribution is -0.136. The van der Waals surface area contributed by atoms with Gasteiger partial charge in [-0.2, -0.15) is 0 Å². The fraction of sp³-hybridized carbons (Fsp3) is 0.667. The van der Waals surface area contributed by atoms with Crippen LogP contribution in [0.3, 0.4) is 0 Å². The minimum absolute atomic E-state index is 0.103. The summed E-state index contributed by atoms with van der Waals surface area (Å²) in [4.78, 5) is 41.0. The minimum Gasteiger partial charge on any atom is -0.379 e. The van der Waals surface area contributed by atoms with Gasteiger partial charge >= 0.3 is 0 Å². The molecule has 3 heterocycles. The lowest BCUT2D eigenvalue weighted by Gasteiger charge is -2.39. The number of nitrogens with zero attached hydrogens (tertiary/aromatic N) is 2. The van der Waals surface area contributed by atoms with Gasteiger partial charge in [-0.05, 0) is 80.6 Å². The molecule has 3 aliphatic heterocycles. The number of benzene rings is 1. The molecule has 1 aromatic carbocycles. The molecule has 2 saturated heterocycles. The van der Waals surface area contributed by atoms with Gasteiger partial charge < -0.3 is 19.3 Å². The number of nitrogens with one attached hydrogen (secondary N) is 1. The fourth-order valence-electron chi connectivity index (χ4n) is 6.53. The molecule has 1 aliphatic carbocycles. The van der Waals surface area contributed by atoms with Crippen molar-refractivity contribution in [2.75, 3.05) is 33.9 Å². The molecule has 0 spiro atoms. The van der Waals surface area contributed by atoms with Crippen LogP contribution in [0.2, 0.25) is 0 Å². The number of amides is 3. The summed E-state index contributed by atoms with van der Waals surface area (Å²) in [6.45, 7) is 3.75. The Balaban J connectivity index is 1.16. The minimum atomic E-state index is -0.559. The Morgan fingerprint density at radius 3 is 2.46 bits per heavy atom. The SMILES string of the molecule is CO[C@@H]1CC[C@@H](CN2CCC(c3ccc4c(c3)CN(C3CCC(=O)NC3=O)C4=O)CC2)C[C@H]1OC. The van der Waals surface area contributed by atoms with Crippen LogP contribution in [0.25, 0.3) is 0 Å². The average molecular weight is 484 g/mol. The van der Waals surface area contributed by atoms with Gasteiger partial charge in [-0.3, -0.25) is 19.7 Å². The summed E-state index contributed by atoms with van der Waals surface area (Å²) in [5.41, 5.74) is 2.98. The van der Waals surface area contributed by atoms with Gasteiger partial charge in [-0.15, -0.1) is 0 Å². The van der Waals surface area contributed by atoms with E-state index < -0.39 is 6.04 Å². The molecule has 3 fully saturated rings. The van der Waals surface area contributed by atoms with E-state index >= 15 is 0 Å². The van der Waals surface area contributed by atoms with Gasteiger partial charge in [-0.25, -0.2) is 0 Å². The third-order valence-electron chi connectivity index (χ3n) is 8.57. The summed E-state index contributed by atoms with van der Waals surface area (Å²) >= 11 is 0. The summed E-state index contributed by atoms with van der Waals surface area (Å²) in [5, 5.41) is 2.37. The number of hydrogen-bond donors (Lipinski definition) is 1. The Labute approximate surface area is 207 Å². The Bertz CT molecular complexity index is 974. The molecule has 1 N–H and O–H groups in total. The number of carbonyl (C=O) groups excluding carboxylic acids is 3. The van der Waals surface area contributed by atoms with Gasteiger partial charge in [0, 0.05) is 39.3 Å². The van der Waals surface area contributed by atoms with Gasteiger partial charge in [0.05, 0.1) is 12.2 Å². The second kappa shape index (κ2) is 10.4. The number of rotatable bonds is 6. The maximum absolute atomic E-state index is 13.0. The van der Waals surface area contributed by atoms with E-state index in [0.29, 0.717) is 30.4 Å². The average Bonchev–Trinajstić information content (AvgIpc) is 3.19. The van der Waals surface area contributed by atoms with Gasteiger partial charge in [0.2, 0.25) is 11.8 Å². The van der Waals surface area contributed by atoms with Crippen LogP contribution in [0.1, 0.15) is 72.3 Å². The summed E-state index contributed by atoms with van der Waals surface area (Å²) < 4.78 is 11.3. The molecule has 190 valence electrons. The van der Waals surface area contributed by atoms with Crippen LogP contribution in [0.15, 0.2) is 18.2 Å². The fourth-order valence-corrected chi connectivity index (χ4v) is 6.53. The van der Waals surface area contributed by atoms with Crippen LogP contribution in [0.5, 0.6) is 0 Å². The number of likely N-dealkylation sites (tertiary alicyclic amines) is 1. The molecule has 0 bridgehead atoms. The van der Waals surface area contributed by atoms with Crippen molar-refractivity contribution in [3.8, 4) is 0 Å². The number of ether oxygens (including phenoxy) is 2. The third-order valence-corrected chi connectivity index (χ3v) is 8.57. The molecule has 1 unspecified atom stereocenters. The molecule has 0 radical (unpaired) electrons. The highest BCUT2D eigenvalue weighted by atomic mass is 16.5. The van der Waals surface area contributed by atoms with E-state index in [4.69, 9.17) is 9.47 Å². The van der Waals surface area contributed by atoms with Gasteiger partial charge in [-0.1, -0.05) is 12.1 Å². The van der Waals surface area contributed by atoms with Crippen LogP contribution in [-0.4, -0.2) is 79.6 Å². The molecule has 35 heavy (non-hydrogen) atoms. The molecule has 4 aliphatic rings. The highest BCUT2D eigenvalue weighted by molar-refractivity contribution is 6.05. The van der Waals surface area contributed by atoms with Crippen LogP contribution in [0, 0.1) is 5.92 Å². The summed E-state index contributed by atoms with van der Waals surface area (Å²) in [6.07, 6.45) is 6.66. The van der Waals surface area contributed by atoms with E-state index in [2.05, 4.69) is 22.3 Å². The van der Waals surface area contributed by atoms with Crippen molar-refractivity contribution in [1.29, 1.82) is 0 Å². The van der Waals surface area contributed by atoms with E-state index in [1.807, 2.05) is 6.07 Å². The molecule has 0 aromatic heterocycles. The Hall–Kier alpha value is -2.29. The number of fused-ring (bicyclic) bond motifs is 1. The Morgan fingerprint density at radius 2 is 1.74 bits per heavy atom. The lowest BCUT2D eigenvalue weighted by atomic mass is 9.83. The van der Waals surface area contributed by atoms with Crippen LogP contribution < -0.4 is 5.32 Å². The number of hydrogen-bond acceptors (Lipinski definition) is 6. The first kappa shape index (κ1) is 24.4. The summed E-state index contributed by atoms with van der Waals surface area (Å²) in [5.74, 6) is 0.431. The van der Waals surface area contributed by atoms with Gasteiger partial charge in [0.1, 0.15) is 6.04 Å². The standard InChI is InChI=1S/C27H37N3O5/c1-34-23-7-3-17(13-24(23)35-2)15-29-11-9-18(10-12-29)19-4-5-21-20(14-19)16-30(27(21)33)22-6-8-25(31)28-26(22)32/h4-5,14,17-18,22-24H,3,6-13,15-16H2,1-2H3,(H,28,31,32)/t17-,22?,23-,24-/m1/s1. The van der Waals surface area contributed by atoms with Crippen LogP contribution in [-0.2, 0) is 25.6 Å². The maximum atomic E-state index is 13.0. The molecular weight excluding hydrogens is 446 g/mol.